The molecule has 0 spiro atoms. The van der Waals surface area contributed by atoms with Crippen LogP contribution >= 0.6 is 0 Å². The summed E-state index contributed by atoms with van der Waals surface area (Å²) < 4.78 is 25.9. The molecule has 1 aliphatic carbocycles. The molecular weight excluding hydrogens is 394 g/mol. The number of rotatable bonds is 2. The van der Waals surface area contributed by atoms with E-state index in [-0.39, 0.29) is 0 Å². The van der Waals surface area contributed by atoms with Gasteiger partial charge in [-0.25, -0.2) is 8.78 Å². The number of nitrogens with zero attached hydrogens (tertiary/aromatic N) is 1. The second kappa shape index (κ2) is 14.5. The third-order valence-electron chi connectivity index (χ3n) is 5.60. The molecule has 2 aromatic carbocycles. The van der Waals surface area contributed by atoms with Crippen LogP contribution in [0.1, 0.15) is 39.0 Å². The number of hydrogen-bond acceptors (Lipinski definition) is 3. The molecule has 1 aliphatic heterocycles. The first-order chi connectivity index (χ1) is 14.9. The highest BCUT2D eigenvalue weighted by molar-refractivity contribution is 5.65. The van der Waals surface area contributed by atoms with Gasteiger partial charge in [-0.1, -0.05) is 31.6 Å². The molecule has 0 aromatic heterocycles. The van der Waals surface area contributed by atoms with Crippen molar-refractivity contribution in [1.82, 2.24) is 4.90 Å². The molecule has 1 saturated heterocycles. The second-order valence-electron chi connectivity index (χ2n) is 8.19. The predicted molar refractivity (Wildman–Crippen MR) is 127 cm³/mol. The lowest BCUT2D eigenvalue weighted by Crippen LogP contribution is -2.28. The van der Waals surface area contributed by atoms with Crippen LogP contribution in [0.2, 0.25) is 0 Å². The Balaban J connectivity index is 0.000000251. The smallest absolute Gasteiger partial charge is 0.126 e. The molecule has 2 N–H and O–H groups in total. The summed E-state index contributed by atoms with van der Waals surface area (Å²) in [7, 11) is 2.20. The van der Waals surface area contributed by atoms with Gasteiger partial charge in [0.15, 0.2) is 0 Å². The van der Waals surface area contributed by atoms with E-state index in [9.17, 15) is 8.78 Å². The SMILES string of the molecule is C=CC1CCC1.C=O.CC1CCN(C)CC1.Nc1ccc(-c2cc(F)cc(F)c2)cc1. The zero-order valence-electron chi connectivity index (χ0n) is 18.8. The number of hydrogen-bond donors (Lipinski definition) is 1. The van der Waals surface area contributed by atoms with Crippen molar-refractivity contribution < 1.29 is 13.6 Å². The topological polar surface area (TPSA) is 46.3 Å². The Morgan fingerprint density at radius 1 is 0.935 bits per heavy atom. The van der Waals surface area contributed by atoms with Gasteiger partial charge in [0.05, 0.1) is 0 Å². The zero-order valence-corrected chi connectivity index (χ0v) is 18.8. The number of carbonyl (C=O) groups is 1. The number of carbonyl (C=O) groups excluding carboxylic acids is 1. The molecule has 4 rings (SSSR count). The van der Waals surface area contributed by atoms with Crippen LogP contribution < -0.4 is 5.73 Å². The fraction of sp³-hybridized carbons (Fsp3) is 0.423. The van der Waals surface area contributed by atoms with E-state index < -0.39 is 11.6 Å². The summed E-state index contributed by atoms with van der Waals surface area (Å²) in [6.07, 6.45) is 9.07. The molecule has 2 fully saturated rings. The van der Waals surface area contributed by atoms with Crippen molar-refractivity contribution >= 4 is 12.5 Å². The molecule has 0 unspecified atom stereocenters. The normalized spacial score (nSPS) is 16.3. The minimum Gasteiger partial charge on any atom is -0.399 e. The number of allylic oxidation sites excluding steroid dienone is 1. The molecule has 2 aliphatic rings. The van der Waals surface area contributed by atoms with Crippen LogP contribution in [0.3, 0.4) is 0 Å². The molecule has 0 radical (unpaired) electrons. The highest BCUT2D eigenvalue weighted by Crippen LogP contribution is 2.26. The summed E-state index contributed by atoms with van der Waals surface area (Å²) in [6.45, 7) is 10.6. The average molecular weight is 431 g/mol. The lowest BCUT2D eigenvalue weighted by molar-refractivity contribution is -0.0979. The standard InChI is InChI=1S/C12H9F2N.C7H15N.C6H10.CH2O/c13-10-5-9(6-11(14)7-10)8-1-3-12(15)4-2-8;1-7-3-5-8(2)6-4-7;1-2-6-4-3-5-6;1-2/h1-7H,15H2;7H,3-6H2,1-2H3;2,6H,1,3-5H2;1H2. The summed E-state index contributed by atoms with van der Waals surface area (Å²) in [4.78, 5) is 10.4. The molecule has 170 valence electrons. The molecule has 0 atom stereocenters. The summed E-state index contributed by atoms with van der Waals surface area (Å²) in [5.41, 5.74) is 7.38. The largest absolute Gasteiger partial charge is 0.399 e. The molecule has 1 saturated carbocycles. The summed E-state index contributed by atoms with van der Waals surface area (Å²) in [5, 5.41) is 0. The van der Waals surface area contributed by atoms with E-state index in [1.165, 1.54) is 57.3 Å². The van der Waals surface area contributed by atoms with Gasteiger partial charge >= 0.3 is 0 Å². The number of benzene rings is 2. The number of anilines is 1. The van der Waals surface area contributed by atoms with Crippen molar-refractivity contribution in [2.45, 2.75) is 39.0 Å². The van der Waals surface area contributed by atoms with Gasteiger partial charge in [-0.3, -0.25) is 0 Å². The number of likely N-dealkylation sites (tertiary alicyclic amines) is 1. The van der Waals surface area contributed by atoms with E-state index in [2.05, 4.69) is 31.5 Å². The van der Waals surface area contributed by atoms with Crippen molar-refractivity contribution in [2.75, 3.05) is 25.9 Å². The lowest BCUT2D eigenvalue weighted by Gasteiger charge is -2.26. The van der Waals surface area contributed by atoms with E-state index >= 15 is 0 Å². The van der Waals surface area contributed by atoms with Gasteiger partial charge in [0.25, 0.3) is 0 Å². The summed E-state index contributed by atoms with van der Waals surface area (Å²) in [6, 6.07) is 10.3. The van der Waals surface area contributed by atoms with Crippen molar-refractivity contribution in [3.63, 3.8) is 0 Å². The molecular formula is C26H36F2N2O. The van der Waals surface area contributed by atoms with Crippen LogP contribution in [0.4, 0.5) is 14.5 Å². The number of halogens is 2. The van der Waals surface area contributed by atoms with Crippen molar-refractivity contribution in [1.29, 1.82) is 0 Å². The lowest BCUT2D eigenvalue weighted by atomic mass is 9.86. The Labute approximate surface area is 186 Å². The highest BCUT2D eigenvalue weighted by Gasteiger charge is 2.12. The van der Waals surface area contributed by atoms with Crippen LogP contribution in [0.5, 0.6) is 0 Å². The van der Waals surface area contributed by atoms with Gasteiger partial charge < -0.3 is 15.4 Å². The fourth-order valence-corrected chi connectivity index (χ4v) is 3.21. The molecule has 1 heterocycles. The van der Waals surface area contributed by atoms with Crippen LogP contribution in [0.15, 0.2) is 55.1 Å². The van der Waals surface area contributed by atoms with Crippen LogP contribution in [0.25, 0.3) is 11.1 Å². The van der Waals surface area contributed by atoms with Crippen LogP contribution in [-0.4, -0.2) is 31.8 Å². The maximum absolute atomic E-state index is 12.9. The van der Waals surface area contributed by atoms with Gasteiger partial charge in [-0.05, 0) is 93.0 Å². The third kappa shape index (κ3) is 10.4. The van der Waals surface area contributed by atoms with Gasteiger partial charge in [0.2, 0.25) is 0 Å². The van der Waals surface area contributed by atoms with Gasteiger partial charge in [0, 0.05) is 11.8 Å². The predicted octanol–water partition coefficient (Wildman–Crippen LogP) is 6.35. The molecule has 3 nitrogen and oxygen atoms in total. The van der Waals surface area contributed by atoms with Crippen LogP contribution in [0, 0.1) is 23.5 Å². The molecule has 0 amide bonds. The van der Waals surface area contributed by atoms with Gasteiger partial charge in [0.1, 0.15) is 18.4 Å². The van der Waals surface area contributed by atoms with E-state index in [0.29, 0.717) is 11.3 Å². The Hall–Kier alpha value is -2.53. The maximum atomic E-state index is 12.9. The molecule has 5 heteroatoms. The number of nitrogen functional groups attached to an aromatic ring is 1. The Bertz CT molecular complexity index is 737. The summed E-state index contributed by atoms with van der Waals surface area (Å²) >= 11 is 0. The number of piperidine rings is 1. The second-order valence-corrected chi connectivity index (χ2v) is 8.19. The highest BCUT2D eigenvalue weighted by atomic mass is 19.1. The third-order valence-corrected chi connectivity index (χ3v) is 5.60. The number of nitrogens with two attached hydrogens (primary N) is 1. The first-order valence-corrected chi connectivity index (χ1v) is 10.8. The minimum atomic E-state index is -0.582. The van der Waals surface area contributed by atoms with Crippen molar-refractivity contribution in [3.8, 4) is 11.1 Å². The summed E-state index contributed by atoms with van der Waals surface area (Å²) in [5.74, 6) is 0.694. The Kier molecular flexibility index (Phi) is 12.4. The van der Waals surface area contributed by atoms with Gasteiger partial charge in [-0.2, -0.15) is 0 Å². The van der Waals surface area contributed by atoms with Crippen LogP contribution in [-0.2, 0) is 4.79 Å². The first kappa shape index (κ1) is 26.5. The van der Waals surface area contributed by atoms with E-state index in [1.807, 2.05) is 6.79 Å². The maximum Gasteiger partial charge on any atom is 0.126 e. The molecule has 2 aromatic rings. The van der Waals surface area contributed by atoms with E-state index in [4.69, 9.17) is 10.5 Å². The first-order valence-electron chi connectivity index (χ1n) is 10.8. The zero-order chi connectivity index (χ0) is 23.2. The minimum absolute atomic E-state index is 0.507. The van der Waals surface area contributed by atoms with Crippen molar-refractivity contribution in [2.24, 2.45) is 11.8 Å². The van der Waals surface area contributed by atoms with Gasteiger partial charge in [-0.15, -0.1) is 6.58 Å². The van der Waals surface area contributed by atoms with E-state index in [1.54, 1.807) is 24.3 Å². The molecule has 31 heavy (non-hydrogen) atoms. The Morgan fingerprint density at radius 2 is 1.45 bits per heavy atom. The van der Waals surface area contributed by atoms with E-state index in [0.717, 1.165) is 23.5 Å². The van der Waals surface area contributed by atoms with Crippen molar-refractivity contribution in [3.05, 3.63) is 66.8 Å². The molecule has 0 bridgehead atoms. The fourth-order valence-electron chi connectivity index (χ4n) is 3.21. The Morgan fingerprint density at radius 3 is 1.81 bits per heavy atom. The average Bonchev–Trinajstić information content (AvgIpc) is 2.72. The monoisotopic (exact) mass is 430 g/mol. The quantitative estimate of drug-likeness (QED) is 0.446.